The lowest BCUT2D eigenvalue weighted by atomic mass is 10.1. The first-order chi connectivity index (χ1) is 15.6. The maximum atomic E-state index is 13.0. The molecule has 1 aromatic carbocycles. The molecule has 166 valence electrons. The standard InChI is InChI=1S/C23H27N7O2/c1-3-17-4-6-18(7-5-17)19-14-20-23(31)29(12-13-30(20)25-19)15-21-24-22(32-26-21)16-28-10-8-27(2)9-11-28/h4-7,12-14H,3,8-11,15-16H2,1-2H3. The zero-order valence-electron chi connectivity index (χ0n) is 18.4. The molecule has 1 aliphatic rings. The number of fused-ring (bicyclic) bond motifs is 1. The molecular weight excluding hydrogens is 406 g/mol. The van der Waals surface area contributed by atoms with Crippen LogP contribution < -0.4 is 5.56 Å². The van der Waals surface area contributed by atoms with Crippen molar-refractivity contribution in [3.05, 3.63) is 70.4 Å². The van der Waals surface area contributed by atoms with Gasteiger partial charge >= 0.3 is 0 Å². The van der Waals surface area contributed by atoms with Crippen LogP contribution in [0, 0.1) is 0 Å². The van der Waals surface area contributed by atoms with Gasteiger partial charge in [-0.3, -0.25) is 9.69 Å². The highest BCUT2D eigenvalue weighted by Crippen LogP contribution is 2.19. The third-order valence-electron chi connectivity index (χ3n) is 6.04. The molecule has 0 bridgehead atoms. The van der Waals surface area contributed by atoms with Gasteiger partial charge < -0.3 is 14.0 Å². The van der Waals surface area contributed by atoms with Gasteiger partial charge in [-0.1, -0.05) is 36.3 Å². The number of hydrogen-bond donors (Lipinski definition) is 0. The second-order valence-electron chi connectivity index (χ2n) is 8.32. The molecule has 32 heavy (non-hydrogen) atoms. The Morgan fingerprint density at radius 3 is 2.56 bits per heavy atom. The minimum atomic E-state index is -0.137. The van der Waals surface area contributed by atoms with E-state index >= 15 is 0 Å². The van der Waals surface area contributed by atoms with Crippen LogP contribution in [0.2, 0.25) is 0 Å². The third kappa shape index (κ3) is 4.21. The van der Waals surface area contributed by atoms with Crippen molar-refractivity contribution < 1.29 is 4.52 Å². The van der Waals surface area contributed by atoms with Gasteiger partial charge in [-0.2, -0.15) is 10.1 Å². The Kier molecular flexibility index (Phi) is 5.59. The van der Waals surface area contributed by atoms with Gasteiger partial charge in [0, 0.05) is 44.1 Å². The fourth-order valence-electron chi connectivity index (χ4n) is 3.97. The molecule has 0 atom stereocenters. The first kappa shape index (κ1) is 20.6. The van der Waals surface area contributed by atoms with E-state index in [1.165, 1.54) is 5.56 Å². The van der Waals surface area contributed by atoms with Crippen molar-refractivity contribution in [2.45, 2.75) is 26.4 Å². The Morgan fingerprint density at radius 1 is 1.03 bits per heavy atom. The summed E-state index contributed by atoms with van der Waals surface area (Å²) in [5.41, 5.74) is 3.41. The predicted molar refractivity (Wildman–Crippen MR) is 120 cm³/mol. The summed E-state index contributed by atoms with van der Waals surface area (Å²) in [7, 11) is 2.13. The third-order valence-corrected chi connectivity index (χ3v) is 6.04. The zero-order valence-corrected chi connectivity index (χ0v) is 18.4. The van der Waals surface area contributed by atoms with Crippen LogP contribution >= 0.6 is 0 Å². The van der Waals surface area contributed by atoms with Gasteiger partial charge in [-0.15, -0.1) is 0 Å². The number of likely N-dealkylation sites (N-methyl/N-ethyl adjacent to an activating group) is 1. The number of hydrogen-bond acceptors (Lipinski definition) is 7. The summed E-state index contributed by atoms with van der Waals surface area (Å²) >= 11 is 0. The van der Waals surface area contributed by atoms with Crippen molar-refractivity contribution in [2.24, 2.45) is 0 Å². The van der Waals surface area contributed by atoms with E-state index in [9.17, 15) is 4.79 Å². The van der Waals surface area contributed by atoms with Gasteiger partial charge in [0.05, 0.1) is 18.8 Å². The Labute approximate surface area is 185 Å². The summed E-state index contributed by atoms with van der Waals surface area (Å²) in [6.45, 7) is 7.05. The van der Waals surface area contributed by atoms with E-state index in [2.05, 4.69) is 51.1 Å². The molecule has 1 saturated heterocycles. The fourth-order valence-corrected chi connectivity index (χ4v) is 3.97. The maximum absolute atomic E-state index is 13.0. The first-order valence-electron chi connectivity index (χ1n) is 11.0. The van der Waals surface area contributed by atoms with E-state index in [1.54, 1.807) is 21.5 Å². The SMILES string of the molecule is CCc1ccc(-c2cc3c(=O)n(Cc4noc(CN5CCN(C)CC5)n4)ccn3n2)cc1. The van der Waals surface area contributed by atoms with Crippen molar-refractivity contribution in [1.82, 2.24) is 34.1 Å². The molecule has 1 aliphatic heterocycles. The largest absolute Gasteiger partial charge is 0.338 e. The quantitative estimate of drug-likeness (QED) is 0.459. The van der Waals surface area contributed by atoms with E-state index < -0.39 is 0 Å². The highest BCUT2D eigenvalue weighted by molar-refractivity contribution is 5.65. The molecule has 4 aromatic rings. The molecule has 0 spiro atoms. The number of aryl methyl sites for hydroxylation is 1. The van der Waals surface area contributed by atoms with Gasteiger partial charge in [0.15, 0.2) is 5.82 Å². The average Bonchev–Trinajstić information content (AvgIpc) is 3.45. The molecule has 0 radical (unpaired) electrons. The second-order valence-corrected chi connectivity index (χ2v) is 8.32. The molecule has 0 unspecified atom stereocenters. The van der Waals surface area contributed by atoms with Crippen LogP contribution in [0.4, 0.5) is 0 Å². The van der Waals surface area contributed by atoms with Crippen molar-refractivity contribution in [3.8, 4) is 11.3 Å². The number of piperazine rings is 1. The van der Waals surface area contributed by atoms with E-state index in [4.69, 9.17) is 4.52 Å². The van der Waals surface area contributed by atoms with Gasteiger partial charge in [0.25, 0.3) is 5.56 Å². The lowest BCUT2D eigenvalue weighted by molar-refractivity contribution is 0.135. The van der Waals surface area contributed by atoms with Crippen LogP contribution in [0.5, 0.6) is 0 Å². The normalized spacial score (nSPS) is 15.6. The molecule has 9 nitrogen and oxygen atoms in total. The van der Waals surface area contributed by atoms with Gasteiger partial charge in [-0.05, 0) is 25.1 Å². The predicted octanol–water partition coefficient (Wildman–Crippen LogP) is 1.90. The summed E-state index contributed by atoms with van der Waals surface area (Å²) < 4.78 is 8.64. The number of rotatable bonds is 6. The zero-order chi connectivity index (χ0) is 22.1. The molecule has 0 amide bonds. The van der Waals surface area contributed by atoms with E-state index in [-0.39, 0.29) is 12.1 Å². The lowest BCUT2D eigenvalue weighted by Crippen LogP contribution is -2.43. The van der Waals surface area contributed by atoms with Gasteiger partial charge in [-0.25, -0.2) is 4.52 Å². The van der Waals surface area contributed by atoms with Crippen LogP contribution in [-0.2, 0) is 19.5 Å². The second kappa shape index (κ2) is 8.68. The van der Waals surface area contributed by atoms with Crippen LogP contribution in [-0.4, -0.2) is 67.3 Å². The first-order valence-corrected chi connectivity index (χ1v) is 11.0. The summed E-state index contributed by atoms with van der Waals surface area (Å²) in [6.07, 6.45) is 4.48. The highest BCUT2D eigenvalue weighted by Gasteiger charge is 2.17. The summed E-state index contributed by atoms with van der Waals surface area (Å²) in [5, 5.41) is 8.64. The molecule has 5 rings (SSSR count). The van der Waals surface area contributed by atoms with Crippen LogP contribution in [0.25, 0.3) is 16.8 Å². The summed E-state index contributed by atoms with van der Waals surface area (Å²) in [6, 6.07) is 10.1. The Bertz CT molecular complexity index is 1260. The van der Waals surface area contributed by atoms with Crippen LogP contribution in [0.15, 0.2) is 52.0 Å². The van der Waals surface area contributed by atoms with E-state index in [0.717, 1.165) is 43.9 Å². The van der Waals surface area contributed by atoms with Gasteiger partial charge in [0.2, 0.25) is 5.89 Å². The average molecular weight is 434 g/mol. The van der Waals surface area contributed by atoms with Crippen molar-refractivity contribution in [2.75, 3.05) is 33.2 Å². The van der Waals surface area contributed by atoms with E-state index in [1.807, 2.05) is 18.2 Å². The van der Waals surface area contributed by atoms with Crippen molar-refractivity contribution in [1.29, 1.82) is 0 Å². The molecule has 0 aliphatic carbocycles. The monoisotopic (exact) mass is 433 g/mol. The van der Waals surface area contributed by atoms with Crippen molar-refractivity contribution >= 4 is 5.52 Å². The molecule has 3 aromatic heterocycles. The molecular formula is C23H27N7O2. The topological polar surface area (TPSA) is 84.7 Å². The maximum Gasteiger partial charge on any atom is 0.277 e. The number of nitrogens with zero attached hydrogens (tertiary/aromatic N) is 7. The molecule has 0 saturated carbocycles. The van der Waals surface area contributed by atoms with Crippen LogP contribution in [0.1, 0.15) is 24.2 Å². The Hall–Kier alpha value is -3.30. The summed E-state index contributed by atoms with van der Waals surface area (Å²) in [5.74, 6) is 1.08. The minimum Gasteiger partial charge on any atom is -0.338 e. The number of benzene rings is 1. The fraction of sp³-hybridized carbons (Fsp3) is 0.391. The smallest absolute Gasteiger partial charge is 0.277 e. The van der Waals surface area contributed by atoms with Crippen molar-refractivity contribution in [3.63, 3.8) is 0 Å². The summed E-state index contributed by atoms with van der Waals surface area (Å²) in [4.78, 5) is 22.1. The van der Waals surface area contributed by atoms with Crippen LogP contribution in [0.3, 0.4) is 0 Å². The molecule has 0 N–H and O–H groups in total. The molecule has 4 heterocycles. The molecule has 1 fully saturated rings. The highest BCUT2D eigenvalue weighted by atomic mass is 16.5. The van der Waals surface area contributed by atoms with Gasteiger partial charge in [0.1, 0.15) is 5.52 Å². The Balaban J connectivity index is 1.33. The number of aromatic nitrogens is 5. The molecule has 9 heteroatoms. The lowest BCUT2D eigenvalue weighted by Gasteiger charge is -2.31. The Morgan fingerprint density at radius 2 is 1.81 bits per heavy atom. The minimum absolute atomic E-state index is 0.137. The van der Waals surface area contributed by atoms with E-state index in [0.29, 0.717) is 23.8 Å².